The Morgan fingerprint density at radius 3 is 2.40 bits per heavy atom. The fourth-order valence-corrected chi connectivity index (χ4v) is 2.06. The number of carboxylic acids is 1. The van der Waals surface area contributed by atoms with Crippen LogP contribution in [0.2, 0.25) is 0 Å². The predicted octanol–water partition coefficient (Wildman–Crippen LogP) is 3.13. The average Bonchev–Trinajstić information content (AvgIpc) is 2.45. The van der Waals surface area contributed by atoms with Crippen molar-refractivity contribution in [2.24, 2.45) is 0 Å². The molecule has 0 aliphatic rings. The van der Waals surface area contributed by atoms with Gasteiger partial charge in [-0.1, -0.05) is 48.5 Å². The molecule has 4 heteroatoms. The first-order valence-corrected chi connectivity index (χ1v) is 6.40. The van der Waals surface area contributed by atoms with Gasteiger partial charge in [-0.3, -0.25) is 4.79 Å². The predicted molar refractivity (Wildman–Crippen MR) is 74.7 cm³/mol. The number of halogens is 1. The van der Waals surface area contributed by atoms with Crippen molar-refractivity contribution in [2.75, 3.05) is 0 Å². The third-order valence-electron chi connectivity index (χ3n) is 3.05. The molecule has 0 bridgehead atoms. The first-order chi connectivity index (χ1) is 9.66. The van der Waals surface area contributed by atoms with E-state index in [1.54, 1.807) is 18.2 Å². The van der Waals surface area contributed by atoms with Crippen molar-refractivity contribution < 1.29 is 14.3 Å². The third-order valence-corrected chi connectivity index (χ3v) is 3.05. The van der Waals surface area contributed by atoms with Gasteiger partial charge in [-0.05, 0) is 11.6 Å². The number of benzene rings is 2. The van der Waals surface area contributed by atoms with E-state index in [4.69, 9.17) is 5.11 Å². The quantitative estimate of drug-likeness (QED) is 0.850. The lowest BCUT2D eigenvalue weighted by Crippen LogP contribution is -2.24. The van der Waals surface area contributed by atoms with E-state index in [2.05, 4.69) is 5.32 Å². The minimum Gasteiger partial charge on any atom is -0.481 e. The first kappa shape index (κ1) is 14.2. The molecule has 1 atom stereocenters. The fraction of sp³-hybridized carbons (Fsp3) is 0.188. The summed E-state index contributed by atoms with van der Waals surface area (Å²) in [6, 6.07) is 15.3. The van der Waals surface area contributed by atoms with Gasteiger partial charge in [0, 0.05) is 18.2 Å². The Hall–Kier alpha value is -2.20. The highest BCUT2D eigenvalue weighted by molar-refractivity contribution is 5.68. The summed E-state index contributed by atoms with van der Waals surface area (Å²) in [5, 5.41) is 12.1. The largest absolute Gasteiger partial charge is 0.481 e. The molecular weight excluding hydrogens is 257 g/mol. The van der Waals surface area contributed by atoms with Crippen molar-refractivity contribution in [1.82, 2.24) is 5.32 Å². The minimum atomic E-state index is -0.959. The van der Waals surface area contributed by atoms with Crippen molar-refractivity contribution in [2.45, 2.75) is 19.0 Å². The summed E-state index contributed by atoms with van der Waals surface area (Å²) >= 11 is 0. The van der Waals surface area contributed by atoms with E-state index in [1.807, 2.05) is 30.3 Å². The van der Waals surface area contributed by atoms with Crippen LogP contribution in [0.25, 0.3) is 0 Å². The Morgan fingerprint density at radius 1 is 1.10 bits per heavy atom. The number of hydrogen-bond donors (Lipinski definition) is 2. The van der Waals surface area contributed by atoms with Gasteiger partial charge in [0.25, 0.3) is 0 Å². The summed E-state index contributed by atoms with van der Waals surface area (Å²) in [7, 11) is 0. The zero-order valence-electron chi connectivity index (χ0n) is 10.9. The van der Waals surface area contributed by atoms with E-state index in [0.29, 0.717) is 12.1 Å². The minimum absolute atomic E-state index is 0.159. The molecule has 0 fully saturated rings. The lowest BCUT2D eigenvalue weighted by Gasteiger charge is -2.18. The summed E-state index contributed by atoms with van der Waals surface area (Å²) in [5.41, 5.74) is 1.41. The van der Waals surface area contributed by atoms with Gasteiger partial charge in [0.05, 0.1) is 6.42 Å². The highest BCUT2D eigenvalue weighted by Gasteiger charge is 2.18. The second-order valence-electron chi connectivity index (χ2n) is 4.54. The summed E-state index contributed by atoms with van der Waals surface area (Å²) in [6.45, 7) is 0.493. The summed E-state index contributed by atoms with van der Waals surface area (Å²) < 4.78 is 13.8. The number of hydrogen-bond acceptors (Lipinski definition) is 2. The Morgan fingerprint density at radius 2 is 1.75 bits per heavy atom. The molecule has 0 aromatic heterocycles. The molecule has 20 heavy (non-hydrogen) atoms. The molecule has 0 amide bonds. The summed E-state index contributed by atoms with van der Waals surface area (Å²) in [6.07, 6.45) is -0.159. The van der Waals surface area contributed by atoms with E-state index in [1.165, 1.54) is 6.07 Å². The maximum absolute atomic E-state index is 13.8. The molecule has 0 saturated heterocycles. The molecule has 104 valence electrons. The number of carbonyl (C=O) groups is 1. The van der Waals surface area contributed by atoms with Gasteiger partial charge in [0.1, 0.15) is 5.82 Å². The van der Waals surface area contributed by atoms with Crippen molar-refractivity contribution in [3.8, 4) is 0 Å². The van der Waals surface area contributed by atoms with Crippen molar-refractivity contribution in [3.63, 3.8) is 0 Å². The molecule has 0 heterocycles. The fourth-order valence-electron chi connectivity index (χ4n) is 2.06. The van der Waals surface area contributed by atoms with E-state index in [-0.39, 0.29) is 12.2 Å². The van der Waals surface area contributed by atoms with Crippen LogP contribution in [0.5, 0.6) is 0 Å². The Kier molecular flexibility index (Phi) is 4.85. The molecule has 2 N–H and O–H groups in total. The van der Waals surface area contributed by atoms with E-state index in [0.717, 1.165) is 5.56 Å². The van der Waals surface area contributed by atoms with Crippen LogP contribution in [0, 0.1) is 5.82 Å². The normalized spacial score (nSPS) is 12.1. The zero-order chi connectivity index (χ0) is 14.4. The monoisotopic (exact) mass is 273 g/mol. The standard InChI is InChI=1S/C16H16FNO2/c17-14-9-5-4-8-13(14)15(10-16(19)20)18-11-12-6-2-1-3-7-12/h1-9,15,18H,10-11H2,(H,19,20)/t15-/m0/s1. The van der Waals surface area contributed by atoms with Crippen molar-refractivity contribution >= 4 is 5.97 Å². The first-order valence-electron chi connectivity index (χ1n) is 6.40. The van der Waals surface area contributed by atoms with Crippen molar-refractivity contribution in [1.29, 1.82) is 0 Å². The molecule has 0 aliphatic heterocycles. The SMILES string of the molecule is O=C(O)C[C@H](NCc1ccccc1)c1ccccc1F. The molecule has 2 aromatic carbocycles. The topological polar surface area (TPSA) is 49.3 Å². The van der Waals surface area contributed by atoms with Crippen LogP contribution in [0.4, 0.5) is 4.39 Å². The Balaban J connectivity index is 2.12. The number of aliphatic carboxylic acids is 1. The number of rotatable bonds is 6. The number of nitrogens with one attached hydrogen (secondary N) is 1. The van der Waals surface area contributed by atoms with Crippen LogP contribution in [-0.2, 0) is 11.3 Å². The Labute approximate surface area is 117 Å². The van der Waals surface area contributed by atoms with Gasteiger partial charge in [-0.2, -0.15) is 0 Å². The van der Waals surface area contributed by atoms with E-state index < -0.39 is 12.0 Å². The van der Waals surface area contributed by atoms with Crippen LogP contribution in [0.1, 0.15) is 23.6 Å². The second kappa shape index (κ2) is 6.82. The van der Waals surface area contributed by atoms with Crippen LogP contribution in [0.15, 0.2) is 54.6 Å². The lowest BCUT2D eigenvalue weighted by molar-refractivity contribution is -0.137. The smallest absolute Gasteiger partial charge is 0.305 e. The molecule has 0 radical (unpaired) electrons. The van der Waals surface area contributed by atoms with Crippen LogP contribution >= 0.6 is 0 Å². The second-order valence-corrected chi connectivity index (χ2v) is 4.54. The highest BCUT2D eigenvalue weighted by Crippen LogP contribution is 2.20. The van der Waals surface area contributed by atoms with Gasteiger partial charge in [0.2, 0.25) is 0 Å². The molecule has 2 aromatic rings. The van der Waals surface area contributed by atoms with Gasteiger partial charge in [-0.25, -0.2) is 4.39 Å². The average molecular weight is 273 g/mol. The maximum atomic E-state index is 13.8. The van der Waals surface area contributed by atoms with Gasteiger partial charge >= 0.3 is 5.97 Å². The Bertz CT molecular complexity index is 572. The van der Waals surface area contributed by atoms with Gasteiger partial charge < -0.3 is 10.4 Å². The van der Waals surface area contributed by atoms with Gasteiger partial charge in [0.15, 0.2) is 0 Å². The van der Waals surface area contributed by atoms with Crippen LogP contribution < -0.4 is 5.32 Å². The van der Waals surface area contributed by atoms with Gasteiger partial charge in [-0.15, -0.1) is 0 Å². The van der Waals surface area contributed by atoms with Crippen LogP contribution in [-0.4, -0.2) is 11.1 Å². The molecule has 0 spiro atoms. The molecule has 0 unspecified atom stereocenters. The maximum Gasteiger partial charge on any atom is 0.305 e. The summed E-state index contributed by atoms with van der Waals surface area (Å²) in [5.74, 6) is -1.35. The molecular formula is C16H16FNO2. The molecule has 2 rings (SSSR count). The summed E-state index contributed by atoms with van der Waals surface area (Å²) in [4.78, 5) is 10.9. The lowest BCUT2D eigenvalue weighted by atomic mass is 10.0. The van der Waals surface area contributed by atoms with E-state index >= 15 is 0 Å². The van der Waals surface area contributed by atoms with E-state index in [9.17, 15) is 9.18 Å². The molecule has 0 aliphatic carbocycles. The molecule has 3 nitrogen and oxygen atoms in total. The number of carboxylic acid groups (broad SMARTS) is 1. The third kappa shape index (κ3) is 3.90. The highest BCUT2D eigenvalue weighted by atomic mass is 19.1. The van der Waals surface area contributed by atoms with Crippen LogP contribution in [0.3, 0.4) is 0 Å². The molecule has 0 saturated carbocycles. The van der Waals surface area contributed by atoms with Crippen molar-refractivity contribution in [3.05, 3.63) is 71.5 Å². The zero-order valence-corrected chi connectivity index (χ0v) is 10.9.